The first kappa shape index (κ1) is 10.8. The smallest absolute Gasteiger partial charge is 0.234 e. The molecule has 2 aliphatic rings. The van der Waals surface area contributed by atoms with E-state index in [4.69, 9.17) is 0 Å². The maximum absolute atomic E-state index is 11.5. The maximum atomic E-state index is 11.5. The van der Waals surface area contributed by atoms with Gasteiger partial charge in [-0.05, 0) is 24.8 Å². The van der Waals surface area contributed by atoms with Crippen LogP contribution in [0.3, 0.4) is 0 Å². The van der Waals surface area contributed by atoms with Crippen LogP contribution in [0.2, 0.25) is 0 Å². The third-order valence-corrected chi connectivity index (χ3v) is 4.12. The number of amides is 1. The minimum absolute atomic E-state index is 0.165. The first-order valence-corrected chi connectivity index (χ1v) is 6.34. The van der Waals surface area contributed by atoms with E-state index < -0.39 is 0 Å². The fourth-order valence-corrected chi connectivity index (χ4v) is 2.88. The van der Waals surface area contributed by atoms with Gasteiger partial charge in [-0.2, -0.15) is 0 Å². The fourth-order valence-electron chi connectivity index (χ4n) is 2.88. The number of hydrogen-bond acceptors (Lipinski definition) is 2. The SMILES string of the molecule is O=C1CN(Cc2ccccc2)C2(CCC2)CN1. The van der Waals surface area contributed by atoms with Crippen LogP contribution in [0, 0.1) is 0 Å². The molecule has 0 aromatic heterocycles. The average Bonchev–Trinajstić information content (AvgIpc) is 2.28. The fraction of sp³-hybridized carbons (Fsp3) is 0.500. The van der Waals surface area contributed by atoms with Gasteiger partial charge < -0.3 is 5.32 Å². The van der Waals surface area contributed by atoms with Crippen molar-refractivity contribution < 1.29 is 4.79 Å². The molecule has 0 atom stereocenters. The van der Waals surface area contributed by atoms with Gasteiger partial charge in [0.25, 0.3) is 0 Å². The number of hydrogen-bond donors (Lipinski definition) is 1. The number of nitrogens with one attached hydrogen (secondary N) is 1. The zero-order valence-corrected chi connectivity index (χ0v) is 9.98. The Morgan fingerprint density at radius 3 is 2.65 bits per heavy atom. The number of benzene rings is 1. The summed E-state index contributed by atoms with van der Waals surface area (Å²) >= 11 is 0. The summed E-state index contributed by atoms with van der Waals surface area (Å²) in [4.78, 5) is 13.9. The highest BCUT2D eigenvalue weighted by Gasteiger charge is 2.45. The summed E-state index contributed by atoms with van der Waals surface area (Å²) < 4.78 is 0. The van der Waals surface area contributed by atoms with Gasteiger partial charge in [0.1, 0.15) is 0 Å². The van der Waals surface area contributed by atoms with Crippen molar-refractivity contribution in [3.05, 3.63) is 35.9 Å². The molecule has 0 unspecified atom stereocenters. The molecule has 1 N–H and O–H groups in total. The quantitative estimate of drug-likeness (QED) is 0.836. The van der Waals surface area contributed by atoms with Crippen molar-refractivity contribution in [2.24, 2.45) is 0 Å². The number of carbonyl (C=O) groups is 1. The molecule has 1 aromatic carbocycles. The molecule has 0 bridgehead atoms. The van der Waals surface area contributed by atoms with Crippen LogP contribution in [0.4, 0.5) is 0 Å². The van der Waals surface area contributed by atoms with Crippen LogP contribution < -0.4 is 5.32 Å². The zero-order chi connectivity index (χ0) is 11.7. The number of rotatable bonds is 2. The highest BCUT2D eigenvalue weighted by molar-refractivity contribution is 5.79. The van der Waals surface area contributed by atoms with Gasteiger partial charge in [-0.25, -0.2) is 0 Å². The maximum Gasteiger partial charge on any atom is 0.234 e. The summed E-state index contributed by atoms with van der Waals surface area (Å²) in [6, 6.07) is 10.4. The normalized spacial score (nSPS) is 23.2. The van der Waals surface area contributed by atoms with E-state index in [2.05, 4.69) is 34.5 Å². The number of piperazine rings is 1. The van der Waals surface area contributed by atoms with Gasteiger partial charge in [-0.1, -0.05) is 30.3 Å². The second-order valence-electron chi connectivity index (χ2n) is 5.20. The van der Waals surface area contributed by atoms with Crippen molar-refractivity contribution in [2.75, 3.05) is 13.1 Å². The second kappa shape index (κ2) is 4.15. The third kappa shape index (κ3) is 1.95. The van der Waals surface area contributed by atoms with Gasteiger partial charge in [0.05, 0.1) is 6.54 Å². The van der Waals surface area contributed by atoms with E-state index in [1.807, 2.05) is 6.07 Å². The standard InChI is InChI=1S/C14H18N2O/c17-13-10-16(9-12-5-2-1-3-6-12)14(11-15-13)7-4-8-14/h1-3,5-6H,4,7-11H2,(H,15,17). The van der Waals surface area contributed by atoms with Crippen molar-refractivity contribution in [1.29, 1.82) is 0 Å². The van der Waals surface area contributed by atoms with Crippen molar-refractivity contribution in [2.45, 2.75) is 31.3 Å². The van der Waals surface area contributed by atoms with Gasteiger partial charge in [-0.15, -0.1) is 0 Å². The molecule has 2 fully saturated rings. The van der Waals surface area contributed by atoms with E-state index in [1.54, 1.807) is 0 Å². The van der Waals surface area contributed by atoms with Gasteiger partial charge in [0.15, 0.2) is 0 Å². The predicted octanol–water partition coefficient (Wildman–Crippen LogP) is 1.54. The Morgan fingerprint density at radius 2 is 2.00 bits per heavy atom. The molecule has 1 spiro atoms. The summed E-state index contributed by atoms with van der Waals surface area (Å²) in [5.41, 5.74) is 1.55. The van der Waals surface area contributed by atoms with Crippen molar-refractivity contribution in [1.82, 2.24) is 10.2 Å². The Balaban J connectivity index is 1.77. The molecule has 1 saturated carbocycles. The summed E-state index contributed by atoms with van der Waals surface area (Å²) in [5, 5.41) is 3.01. The molecule has 3 nitrogen and oxygen atoms in total. The third-order valence-electron chi connectivity index (χ3n) is 4.12. The van der Waals surface area contributed by atoms with Crippen molar-refractivity contribution in [3.63, 3.8) is 0 Å². The number of carbonyl (C=O) groups excluding carboxylic acids is 1. The molecular formula is C14H18N2O. The summed E-state index contributed by atoms with van der Waals surface area (Å²) in [6.45, 7) is 2.28. The van der Waals surface area contributed by atoms with E-state index in [9.17, 15) is 4.79 Å². The van der Waals surface area contributed by atoms with E-state index in [0.29, 0.717) is 6.54 Å². The Kier molecular flexibility index (Phi) is 2.63. The molecule has 1 aliphatic heterocycles. The molecule has 1 amide bonds. The summed E-state index contributed by atoms with van der Waals surface area (Å²) in [7, 11) is 0. The first-order chi connectivity index (χ1) is 8.28. The topological polar surface area (TPSA) is 32.3 Å². The van der Waals surface area contributed by atoms with Crippen LogP contribution in [0.5, 0.6) is 0 Å². The molecule has 1 aliphatic carbocycles. The Hall–Kier alpha value is -1.35. The lowest BCUT2D eigenvalue weighted by molar-refractivity contribution is -0.132. The Labute approximate surface area is 102 Å². The second-order valence-corrected chi connectivity index (χ2v) is 5.20. The molecule has 3 heteroatoms. The molecule has 1 aromatic rings. The molecule has 1 saturated heterocycles. The van der Waals surface area contributed by atoms with Crippen LogP contribution in [0.25, 0.3) is 0 Å². The minimum atomic E-state index is 0.165. The monoisotopic (exact) mass is 230 g/mol. The number of nitrogens with zero attached hydrogens (tertiary/aromatic N) is 1. The highest BCUT2D eigenvalue weighted by atomic mass is 16.2. The predicted molar refractivity (Wildman–Crippen MR) is 66.4 cm³/mol. The van der Waals surface area contributed by atoms with Crippen LogP contribution in [0.15, 0.2) is 30.3 Å². The van der Waals surface area contributed by atoms with Crippen molar-refractivity contribution in [3.8, 4) is 0 Å². The summed E-state index contributed by atoms with van der Waals surface area (Å²) in [5.74, 6) is 0.165. The highest BCUT2D eigenvalue weighted by Crippen LogP contribution is 2.39. The van der Waals surface area contributed by atoms with Crippen LogP contribution >= 0.6 is 0 Å². The Morgan fingerprint density at radius 1 is 1.24 bits per heavy atom. The summed E-state index contributed by atoms with van der Waals surface area (Å²) in [6.07, 6.45) is 3.74. The van der Waals surface area contributed by atoms with Crippen LogP contribution in [-0.2, 0) is 11.3 Å². The molecule has 3 rings (SSSR count). The van der Waals surface area contributed by atoms with E-state index in [0.717, 1.165) is 13.1 Å². The molecule has 1 heterocycles. The van der Waals surface area contributed by atoms with E-state index >= 15 is 0 Å². The zero-order valence-electron chi connectivity index (χ0n) is 9.98. The average molecular weight is 230 g/mol. The molecule has 17 heavy (non-hydrogen) atoms. The van der Waals surface area contributed by atoms with Gasteiger partial charge in [-0.3, -0.25) is 9.69 Å². The Bertz CT molecular complexity index is 411. The molecular weight excluding hydrogens is 212 g/mol. The van der Waals surface area contributed by atoms with Gasteiger partial charge in [0.2, 0.25) is 5.91 Å². The minimum Gasteiger partial charge on any atom is -0.353 e. The molecule has 90 valence electrons. The van der Waals surface area contributed by atoms with Crippen LogP contribution in [0.1, 0.15) is 24.8 Å². The van der Waals surface area contributed by atoms with Gasteiger partial charge in [0, 0.05) is 18.6 Å². The lowest BCUT2D eigenvalue weighted by atomic mass is 9.74. The van der Waals surface area contributed by atoms with Gasteiger partial charge >= 0.3 is 0 Å². The van der Waals surface area contributed by atoms with Crippen molar-refractivity contribution >= 4 is 5.91 Å². The largest absolute Gasteiger partial charge is 0.353 e. The molecule has 0 radical (unpaired) electrons. The lowest BCUT2D eigenvalue weighted by Crippen LogP contribution is -2.65. The lowest BCUT2D eigenvalue weighted by Gasteiger charge is -2.52. The van der Waals surface area contributed by atoms with E-state index in [-0.39, 0.29) is 11.4 Å². The first-order valence-electron chi connectivity index (χ1n) is 6.34. The van der Waals surface area contributed by atoms with Crippen LogP contribution in [-0.4, -0.2) is 29.4 Å². The van der Waals surface area contributed by atoms with E-state index in [1.165, 1.54) is 24.8 Å².